The first-order valence-corrected chi connectivity index (χ1v) is 9.69. The Labute approximate surface area is 177 Å². The molecular weight excluding hydrogens is 399 g/mol. The van der Waals surface area contributed by atoms with E-state index in [-0.39, 0.29) is 11.6 Å². The molecule has 2 aromatic heterocycles. The number of carbonyl (C=O) groups excluding carboxylic acids is 1. The maximum atomic E-state index is 12.9. The predicted octanol–water partition coefficient (Wildman–Crippen LogP) is 3.78. The number of nitrogens with one attached hydrogen (secondary N) is 3. The van der Waals surface area contributed by atoms with Gasteiger partial charge in [-0.25, -0.2) is 14.2 Å². The Morgan fingerprint density at radius 1 is 1.13 bits per heavy atom. The van der Waals surface area contributed by atoms with Crippen LogP contribution in [-0.4, -0.2) is 38.8 Å². The van der Waals surface area contributed by atoms with E-state index in [0.29, 0.717) is 41.5 Å². The number of aromatic nitrogens is 3. The van der Waals surface area contributed by atoms with Gasteiger partial charge in [0, 0.05) is 36.0 Å². The van der Waals surface area contributed by atoms with Crippen LogP contribution < -0.4 is 16.0 Å². The average molecular weight is 420 g/mol. The van der Waals surface area contributed by atoms with Gasteiger partial charge in [0.15, 0.2) is 5.65 Å². The van der Waals surface area contributed by atoms with Crippen LogP contribution in [0, 0.1) is 12.7 Å². The molecule has 0 aliphatic rings. The van der Waals surface area contributed by atoms with Gasteiger partial charge in [-0.2, -0.15) is 9.61 Å². The van der Waals surface area contributed by atoms with Gasteiger partial charge in [0.25, 0.3) is 0 Å². The van der Waals surface area contributed by atoms with Gasteiger partial charge in [-0.05, 0) is 43.3 Å². The zero-order valence-corrected chi connectivity index (χ0v) is 16.8. The number of amides is 2. The predicted molar refractivity (Wildman–Crippen MR) is 117 cm³/mol. The molecule has 4 aromatic rings. The fraction of sp³-hybridized carbons (Fsp3) is 0.136. The first-order valence-electron chi connectivity index (χ1n) is 9.69. The lowest BCUT2D eigenvalue weighted by atomic mass is 10.1. The smallest absolute Gasteiger partial charge is 0.319 e. The van der Waals surface area contributed by atoms with Crippen LogP contribution in [0.4, 0.5) is 20.7 Å². The van der Waals surface area contributed by atoms with Gasteiger partial charge >= 0.3 is 6.03 Å². The number of para-hydroxylation sites is 1. The fourth-order valence-corrected chi connectivity index (χ4v) is 3.10. The number of phenolic OH excluding ortho intramolecular Hbond substituents is 1. The SMILES string of the molecule is Cc1cnn2c(NCCNC(=O)Nc3ccc(F)cc3)cc(-c3ccccc3O)nc12. The van der Waals surface area contributed by atoms with Crippen molar-refractivity contribution in [1.29, 1.82) is 0 Å². The second kappa shape index (κ2) is 8.70. The van der Waals surface area contributed by atoms with E-state index in [9.17, 15) is 14.3 Å². The second-order valence-corrected chi connectivity index (χ2v) is 6.92. The van der Waals surface area contributed by atoms with E-state index in [2.05, 4.69) is 26.0 Å². The maximum Gasteiger partial charge on any atom is 0.319 e. The standard InChI is InChI=1S/C22H21FN6O2/c1-14-13-26-29-20(12-18(28-21(14)29)17-4-2-3-5-19(17)30)24-10-11-25-22(31)27-16-8-6-15(23)7-9-16/h2-9,12-13,24,30H,10-11H2,1H3,(H2,25,27,31). The van der Waals surface area contributed by atoms with Gasteiger partial charge in [-0.15, -0.1) is 0 Å². The Bertz CT molecular complexity index is 1220. The van der Waals surface area contributed by atoms with Crippen LogP contribution in [0.3, 0.4) is 0 Å². The Hall–Kier alpha value is -4.14. The Morgan fingerprint density at radius 2 is 1.90 bits per heavy atom. The van der Waals surface area contributed by atoms with Crippen molar-refractivity contribution in [2.45, 2.75) is 6.92 Å². The highest BCUT2D eigenvalue weighted by Gasteiger charge is 2.13. The number of aromatic hydroxyl groups is 1. The number of hydrogen-bond acceptors (Lipinski definition) is 5. The highest BCUT2D eigenvalue weighted by Crippen LogP contribution is 2.29. The molecule has 0 saturated heterocycles. The van der Waals surface area contributed by atoms with Crippen LogP contribution in [-0.2, 0) is 0 Å². The van der Waals surface area contributed by atoms with Gasteiger partial charge in [-0.1, -0.05) is 12.1 Å². The van der Waals surface area contributed by atoms with Crippen molar-refractivity contribution in [1.82, 2.24) is 19.9 Å². The number of fused-ring (bicyclic) bond motifs is 1. The Balaban J connectivity index is 1.44. The largest absolute Gasteiger partial charge is 0.507 e. The number of nitrogens with zero attached hydrogens (tertiary/aromatic N) is 3. The van der Waals surface area contributed by atoms with Gasteiger partial charge in [0.2, 0.25) is 0 Å². The maximum absolute atomic E-state index is 12.9. The van der Waals surface area contributed by atoms with E-state index >= 15 is 0 Å². The van der Waals surface area contributed by atoms with Crippen molar-refractivity contribution < 1.29 is 14.3 Å². The molecule has 0 radical (unpaired) electrons. The molecule has 0 saturated carbocycles. The van der Waals surface area contributed by atoms with E-state index < -0.39 is 6.03 Å². The lowest BCUT2D eigenvalue weighted by Crippen LogP contribution is -2.32. The van der Waals surface area contributed by atoms with Crippen LogP contribution in [0.15, 0.2) is 60.8 Å². The van der Waals surface area contributed by atoms with E-state index in [1.54, 1.807) is 35.0 Å². The summed E-state index contributed by atoms with van der Waals surface area (Å²) in [5, 5.41) is 23.2. The summed E-state index contributed by atoms with van der Waals surface area (Å²) in [6.07, 6.45) is 1.72. The van der Waals surface area contributed by atoms with Crippen molar-refractivity contribution in [2.24, 2.45) is 0 Å². The van der Waals surface area contributed by atoms with E-state index in [1.165, 1.54) is 24.3 Å². The zero-order valence-electron chi connectivity index (χ0n) is 16.8. The van der Waals surface area contributed by atoms with Gasteiger partial charge in [-0.3, -0.25) is 0 Å². The molecule has 2 heterocycles. The summed E-state index contributed by atoms with van der Waals surface area (Å²) in [4.78, 5) is 16.6. The quantitative estimate of drug-likeness (QED) is 0.356. The number of phenols is 1. The normalized spacial score (nSPS) is 10.8. The van der Waals surface area contributed by atoms with Gasteiger partial charge in [0.1, 0.15) is 17.4 Å². The van der Waals surface area contributed by atoms with Crippen LogP contribution in [0.25, 0.3) is 16.9 Å². The van der Waals surface area contributed by atoms with Crippen molar-refractivity contribution >= 4 is 23.2 Å². The minimum Gasteiger partial charge on any atom is -0.507 e. The van der Waals surface area contributed by atoms with E-state index in [1.807, 2.05) is 13.0 Å². The van der Waals surface area contributed by atoms with Crippen LogP contribution >= 0.6 is 0 Å². The molecule has 0 unspecified atom stereocenters. The molecule has 158 valence electrons. The fourth-order valence-electron chi connectivity index (χ4n) is 3.10. The summed E-state index contributed by atoms with van der Waals surface area (Å²) in [7, 11) is 0. The summed E-state index contributed by atoms with van der Waals surface area (Å²) >= 11 is 0. The lowest BCUT2D eigenvalue weighted by molar-refractivity contribution is 0.252. The molecule has 8 nitrogen and oxygen atoms in total. The van der Waals surface area contributed by atoms with Crippen molar-refractivity contribution in [3.05, 3.63) is 72.2 Å². The topological polar surface area (TPSA) is 104 Å². The third kappa shape index (κ3) is 4.55. The minimum absolute atomic E-state index is 0.140. The number of aryl methyl sites for hydroxylation is 1. The number of carbonyl (C=O) groups is 1. The number of hydrogen-bond donors (Lipinski definition) is 4. The molecule has 4 rings (SSSR count). The van der Waals surface area contributed by atoms with Crippen LogP contribution in [0.5, 0.6) is 5.75 Å². The molecule has 0 aliphatic carbocycles. The van der Waals surface area contributed by atoms with Crippen LogP contribution in [0.2, 0.25) is 0 Å². The van der Waals surface area contributed by atoms with E-state index in [0.717, 1.165) is 5.56 Å². The summed E-state index contributed by atoms with van der Waals surface area (Å²) in [6, 6.07) is 13.9. The molecule has 4 N–H and O–H groups in total. The number of halogens is 1. The highest BCUT2D eigenvalue weighted by molar-refractivity contribution is 5.89. The lowest BCUT2D eigenvalue weighted by Gasteiger charge is -2.12. The molecule has 0 spiro atoms. The zero-order chi connectivity index (χ0) is 21.8. The monoisotopic (exact) mass is 420 g/mol. The number of anilines is 2. The Kier molecular flexibility index (Phi) is 5.65. The molecule has 2 amide bonds. The summed E-state index contributed by atoms with van der Waals surface area (Å²) in [6.45, 7) is 2.67. The third-order valence-corrected chi connectivity index (χ3v) is 4.65. The molecule has 9 heteroatoms. The third-order valence-electron chi connectivity index (χ3n) is 4.65. The van der Waals surface area contributed by atoms with Crippen LogP contribution in [0.1, 0.15) is 5.56 Å². The van der Waals surface area contributed by atoms with Gasteiger partial charge in [0.05, 0.1) is 11.9 Å². The van der Waals surface area contributed by atoms with Crippen molar-refractivity contribution in [3.63, 3.8) is 0 Å². The van der Waals surface area contributed by atoms with E-state index in [4.69, 9.17) is 0 Å². The van der Waals surface area contributed by atoms with Crippen molar-refractivity contribution in [2.75, 3.05) is 23.7 Å². The summed E-state index contributed by atoms with van der Waals surface area (Å²) in [5.74, 6) is 0.453. The molecule has 0 fully saturated rings. The minimum atomic E-state index is -0.391. The number of urea groups is 1. The molecule has 0 aliphatic heterocycles. The molecule has 0 bridgehead atoms. The molecule has 0 atom stereocenters. The molecule has 2 aromatic carbocycles. The molecular formula is C22H21FN6O2. The molecule has 31 heavy (non-hydrogen) atoms. The number of benzene rings is 2. The number of rotatable bonds is 6. The second-order valence-electron chi connectivity index (χ2n) is 6.92. The summed E-state index contributed by atoms with van der Waals surface area (Å²) in [5.41, 5.74) is 3.30. The first-order chi connectivity index (χ1) is 15.0. The van der Waals surface area contributed by atoms with Crippen molar-refractivity contribution in [3.8, 4) is 17.0 Å². The Morgan fingerprint density at radius 3 is 2.68 bits per heavy atom. The summed E-state index contributed by atoms with van der Waals surface area (Å²) < 4.78 is 14.6. The van der Waals surface area contributed by atoms with Gasteiger partial charge < -0.3 is 21.1 Å². The highest BCUT2D eigenvalue weighted by atomic mass is 19.1. The average Bonchev–Trinajstić information content (AvgIpc) is 3.14. The first kappa shape index (κ1) is 20.1.